The molecule has 130 valence electrons. The highest BCUT2D eigenvalue weighted by Crippen LogP contribution is 2.28. The molecule has 5 heteroatoms. The molecule has 3 rings (SSSR count). The summed E-state index contributed by atoms with van der Waals surface area (Å²) >= 11 is 0. The van der Waals surface area contributed by atoms with E-state index >= 15 is 0 Å². The lowest BCUT2D eigenvalue weighted by Crippen LogP contribution is -2.05. The van der Waals surface area contributed by atoms with Crippen LogP contribution in [0.4, 0.5) is 11.4 Å². The number of pyridine rings is 1. The van der Waals surface area contributed by atoms with E-state index < -0.39 is 0 Å². The number of anilines is 2. The van der Waals surface area contributed by atoms with Crippen LogP contribution in [0.25, 0.3) is 10.9 Å². The molecule has 2 aromatic carbocycles. The van der Waals surface area contributed by atoms with E-state index in [2.05, 4.69) is 29.4 Å². The molecule has 0 aliphatic heterocycles. The molecule has 1 N–H and O–H groups in total. The number of aromatic nitrogens is 1. The number of esters is 1. The number of rotatable bonds is 4. The van der Waals surface area contributed by atoms with Crippen molar-refractivity contribution in [3.8, 4) is 0 Å². The van der Waals surface area contributed by atoms with E-state index in [-0.39, 0.29) is 18.4 Å². The molecule has 0 spiro atoms. The molecular formula is C20H21ClN2O2. The van der Waals surface area contributed by atoms with Gasteiger partial charge in [0.15, 0.2) is 0 Å². The summed E-state index contributed by atoms with van der Waals surface area (Å²) in [6.45, 7) is 6.17. The third-order valence-electron chi connectivity index (χ3n) is 3.74. The predicted molar refractivity (Wildman–Crippen MR) is 104 cm³/mol. The van der Waals surface area contributed by atoms with E-state index in [1.54, 1.807) is 13.0 Å². The summed E-state index contributed by atoms with van der Waals surface area (Å²) in [7, 11) is 0. The molecule has 1 aromatic heterocycles. The summed E-state index contributed by atoms with van der Waals surface area (Å²) in [5, 5.41) is 4.33. The van der Waals surface area contributed by atoms with Gasteiger partial charge in [0.05, 0.1) is 17.7 Å². The minimum absolute atomic E-state index is 0. The third-order valence-corrected chi connectivity index (χ3v) is 3.74. The largest absolute Gasteiger partial charge is 0.462 e. The topological polar surface area (TPSA) is 51.2 Å². The molecule has 4 nitrogen and oxygen atoms in total. The van der Waals surface area contributed by atoms with Gasteiger partial charge in [0.25, 0.3) is 0 Å². The lowest BCUT2D eigenvalue weighted by Gasteiger charge is -2.12. The molecule has 25 heavy (non-hydrogen) atoms. The van der Waals surface area contributed by atoms with Crippen LogP contribution in [0, 0.1) is 13.8 Å². The number of hydrogen-bond donors (Lipinski definition) is 1. The molecule has 3 aromatic rings. The zero-order chi connectivity index (χ0) is 17.1. The molecule has 0 fully saturated rings. The smallest absolute Gasteiger partial charge is 0.338 e. The molecule has 0 saturated heterocycles. The monoisotopic (exact) mass is 356 g/mol. The fourth-order valence-corrected chi connectivity index (χ4v) is 2.68. The Bertz CT molecular complexity index is 909. The van der Waals surface area contributed by atoms with Gasteiger partial charge in [0.1, 0.15) is 0 Å². The zero-order valence-corrected chi connectivity index (χ0v) is 15.3. The van der Waals surface area contributed by atoms with Gasteiger partial charge in [-0.05, 0) is 62.7 Å². The number of benzene rings is 2. The van der Waals surface area contributed by atoms with Crippen molar-refractivity contribution in [1.29, 1.82) is 0 Å². The highest BCUT2D eigenvalue weighted by molar-refractivity contribution is 5.99. The quantitative estimate of drug-likeness (QED) is 0.653. The number of aryl methyl sites for hydroxylation is 2. The van der Waals surface area contributed by atoms with Crippen LogP contribution in [0.1, 0.15) is 28.5 Å². The normalized spacial score (nSPS) is 10.2. The molecule has 0 saturated carbocycles. The van der Waals surface area contributed by atoms with Crippen LogP contribution in [0.3, 0.4) is 0 Å². The van der Waals surface area contributed by atoms with E-state index in [0.29, 0.717) is 12.2 Å². The molecule has 0 amide bonds. The first-order chi connectivity index (χ1) is 11.6. The number of hydrogen-bond acceptors (Lipinski definition) is 4. The Morgan fingerprint density at radius 2 is 1.92 bits per heavy atom. The van der Waals surface area contributed by atoms with Crippen LogP contribution < -0.4 is 5.32 Å². The zero-order valence-electron chi connectivity index (χ0n) is 14.5. The number of halogens is 1. The van der Waals surface area contributed by atoms with E-state index in [1.165, 1.54) is 5.56 Å². The van der Waals surface area contributed by atoms with Gasteiger partial charge in [-0.15, -0.1) is 12.4 Å². The third kappa shape index (κ3) is 4.28. The number of fused-ring (bicyclic) bond motifs is 1. The number of nitrogens with one attached hydrogen (secondary N) is 1. The van der Waals surface area contributed by atoms with Gasteiger partial charge in [-0.1, -0.05) is 12.1 Å². The van der Waals surface area contributed by atoms with Crippen molar-refractivity contribution < 1.29 is 9.53 Å². The average Bonchev–Trinajstić information content (AvgIpc) is 2.54. The standard InChI is InChI=1S/C20H20N2O2.ClH/c1-4-24-20(23)15-8-9-18-17(12-15)19(11-14(3)21-18)22-16-7-5-6-13(2)10-16;/h5-12H,4H2,1-3H3,(H,21,22);1H. The fourth-order valence-electron chi connectivity index (χ4n) is 2.68. The Kier molecular flexibility index (Phi) is 5.99. The fraction of sp³-hybridized carbons (Fsp3) is 0.200. The molecule has 0 aliphatic rings. The maximum atomic E-state index is 12.0. The highest BCUT2D eigenvalue weighted by Gasteiger charge is 2.11. The van der Waals surface area contributed by atoms with Crippen LogP contribution in [-0.2, 0) is 4.74 Å². The molecule has 0 unspecified atom stereocenters. The van der Waals surface area contributed by atoms with E-state index in [1.807, 2.05) is 37.3 Å². The Balaban J connectivity index is 0.00000225. The second kappa shape index (κ2) is 7.99. The minimum Gasteiger partial charge on any atom is -0.462 e. The van der Waals surface area contributed by atoms with Crippen molar-refractivity contribution >= 4 is 40.7 Å². The van der Waals surface area contributed by atoms with E-state index in [4.69, 9.17) is 4.74 Å². The maximum absolute atomic E-state index is 12.0. The van der Waals surface area contributed by atoms with Crippen LogP contribution >= 0.6 is 12.4 Å². The summed E-state index contributed by atoms with van der Waals surface area (Å²) in [6.07, 6.45) is 0. The summed E-state index contributed by atoms with van der Waals surface area (Å²) in [5.41, 5.74) is 5.40. The van der Waals surface area contributed by atoms with Gasteiger partial charge < -0.3 is 10.1 Å². The SMILES string of the molecule is CCOC(=O)c1ccc2nc(C)cc(Nc3cccc(C)c3)c2c1.Cl. The van der Waals surface area contributed by atoms with Crippen molar-refractivity contribution in [2.24, 2.45) is 0 Å². The lowest BCUT2D eigenvalue weighted by molar-refractivity contribution is 0.0526. The van der Waals surface area contributed by atoms with Crippen LogP contribution in [0.15, 0.2) is 48.5 Å². The predicted octanol–water partition coefficient (Wildman–Crippen LogP) is 5.19. The molecule has 0 radical (unpaired) electrons. The van der Waals surface area contributed by atoms with Crippen molar-refractivity contribution in [1.82, 2.24) is 4.98 Å². The highest BCUT2D eigenvalue weighted by atomic mass is 35.5. The molecular weight excluding hydrogens is 336 g/mol. The van der Waals surface area contributed by atoms with Crippen LogP contribution in [0.5, 0.6) is 0 Å². The minimum atomic E-state index is -0.318. The Morgan fingerprint density at radius 1 is 1.12 bits per heavy atom. The summed E-state index contributed by atoms with van der Waals surface area (Å²) in [5.74, 6) is -0.318. The van der Waals surface area contributed by atoms with Crippen molar-refractivity contribution in [3.63, 3.8) is 0 Å². The first-order valence-electron chi connectivity index (χ1n) is 7.99. The number of carbonyl (C=O) groups is 1. The molecule has 0 bridgehead atoms. The van der Waals surface area contributed by atoms with Gasteiger partial charge in [-0.2, -0.15) is 0 Å². The van der Waals surface area contributed by atoms with Crippen molar-refractivity contribution in [2.45, 2.75) is 20.8 Å². The summed E-state index contributed by atoms with van der Waals surface area (Å²) in [6, 6.07) is 15.6. The van der Waals surface area contributed by atoms with E-state index in [0.717, 1.165) is 28.0 Å². The van der Waals surface area contributed by atoms with Gasteiger partial charge >= 0.3 is 5.97 Å². The van der Waals surface area contributed by atoms with Gasteiger partial charge in [0.2, 0.25) is 0 Å². The van der Waals surface area contributed by atoms with Crippen LogP contribution in [-0.4, -0.2) is 17.6 Å². The average molecular weight is 357 g/mol. The van der Waals surface area contributed by atoms with Crippen LogP contribution in [0.2, 0.25) is 0 Å². The Hall–Kier alpha value is -2.59. The van der Waals surface area contributed by atoms with Gasteiger partial charge in [-0.25, -0.2) is 4.79 Å². The lowest BCUT2D eigenvalue weighted by atomic mass is 10.1. The first-order valence-corrected chi connectivity index (χ1v) is 7.99. The second-order valence-electron chi connectivity index (χ2n) is 5.76. The number of nitrogens with zero attached hydrogens (tertiary/aromatic N) is 1. The van der Waals surface area contributed by atoms with Crippen molar-refractivity contribution in [2.75, 3.05) is 11.9 Å². The molecule has 0 aliphatic carbocycles. The van der Waals surface area contributed by atoms with Gasteiger partial charge in [0, 0.05) is 22.5 Å². The Labute approximate surface area is 153 Å². The molecule has 0 atom stereocenters. The van der Waals surface area contributed by atoms with Crippen molar-refractivity contribution in [3.05, 3.63) is 65.4 Å². The summed E-state index contributed by atoms with van der Waals surface area (Å²) in [4.78, 5) is 16.6. The van der Waals surface area contributed by atoms with E-state index in [9.17, 15) is 4.79 Å². The summed E-state index contributed by atoms with van der Waals surface area (Å²) < 4.78 is 5.09. The first kappa shape index (κ1) is 18.7. The van der Waals surface area contributed by atoms with Gasteiger partial charge in [-0.3, -0.25) is 4.98 Å². The number of carbonyl (C=O) groups excluding carboxylic acids is 1. The molecule has 1 heterocycles. The second-order valence-corrected chi connectivity index (χ2v) is 5.76. The number of ether oxygens (including phenoxy) is 1. The Morgan fingerprint density at radius 3 is 2.64 bits per heavy atom. The maximum Gasteiger partial charge on any atom is 0.338 e.